The van der Waals surface area contributed by atoms with E-state index in [1.54, 1.807) is 0 Å². The Balaban J connectivity index is 1.50. The summed E-state index contributed by atoms with van der Waals surface area (Å²) in [5, 5.41) is 4.75. The maximum absolute atomic E-state index is 4.75. The molecule has 0 bridgehead atoms. The summed E-state index contributed by atoms with van der Waals surface area (Å²) in [5.41, 5.74) is 5.48. The lowest BCUT2D eigenvalue weighted by atomic mass is 10.1. The number of pyridine rings is 1. The van der Waals surface area contributed by atoms with Crippen molar-refractivity contribution in [2.24, 2.45) is 0 Å². The van der Waals surface area contributed by atoms with Crippen LogP contribution >= 0.6 is 0 Å². The Labute approximate surface area is 147 Å². The molecule has 0 radical (unpaired) electrons. The summed E-state index contributed by atoms with van der Waals surface area (Å²) in [4.78, 5) is 15.7. The van der Waals surface area contributed by atoms with Gasteiger partial charge in [-0.1, -0.05) is 13.0 Å². The van der Waals surface area contributed by atoms with E-state index in [9.17, 15) is 0 Å². The lowest BCUT2D eigenvalue weighted by Gasteiger charge is -2.27. The number of hydrogen-bond acceptors (Lipinski definition) is 5. The highest BCUT2D eigenvalue weighted by Crippen LogP contribution is 2.23. The van der Waals surface area contributed by atoms with Gasteiger partial charge in [0, 0.05) is 50.2 Å². The van der Waals surface area contributed by atoms with Gasteiger partial charge in [-0.2, -0.15) is 5.10 Å². The van der Waals surface area contributed by atoms with E-state index in [1.165, 1.54) is 5.69 Å². The number of rotatable bonds is 4. The largest absolute Gasteiger partial charge is 0.291 e. The van der Waals surface area contributed by atoms with E-state index in [-0.39, 0.29) is 0 Å². The van der Waals surface area contributed by atoms with Crippen molar-refractivity contribution in [3.05, 3.63) is 59.4 Å². The third-order valence-corrected chi connectivity index (χ3v) is 4.61. The molecule has 6 nitrogen and oxygen atoms in total. The molecule has 4 heterocycles. The van der Waals surface area contributed by atoms with Crippen molar-refractivity contribution in [1.82, 2.24) is 29.6 Å². The smallest absolute Gasteiger partial charge is 0.127 e. The van der Waals surface area contributed by atoms with E-state index >= 15 is 0 Å². The molecule has 0 saturated carbocycles. The van der Waals surface area contributed by atoms with Crippen LogP contribution in [0, 0.1) is 6.92 Å². The topological polar surface area (TPSA) is 59.7 Å². The van der Waals surface area contributed by atoms with Crippen LogP contribution in [0.2, 0.25) is 0 Å². The second kappa shape index (κ2) is 6.72. The van der Waals surface area contributed by atoms with Crippen LogP contribution < -0.4 is 0 Å². The molecule has 0 saturated heterocycles. The molecular weight excluding hydrogens is 312 g/mol. The van der Waals surface area contributed by atoms with Gasteiger partial charge < -0.3 is 0 Å². The Morgan fingerprint density at radius 1 is 1.12 bits per heavy atom. The highest BCUT2D eigenvalue weighted by atomic mass is 15.3. The van der Waals surface area contributed by atoms with Gasteiger partial charge in [-0.25, -0.2) is 9.97 Å². The predicted molar refractivity (Wildman–Crippen MR) is 95.7 cm³/mol. The van der Waals surface area contributed by atoms with Gasteiger partial charge in [0.2, 0.25) is 0 Å². The van der Waals surface area contributed by atoms with Gasteiger partial charge >= 0.3 is 0 Å². The van der Waals surface area contributed by atoms with Crippen molar-refractivity contribution in [3.63, 3.8) is 0 Å². The molecule has 0 fully saturated rings. The summed E-state index contributed by atoms with van der Waals surface area (Å²) in [5.74, 6) is 0.899. The molecule has 25 heavy (non-hydrogen) atoms. The van der Waals surface area contributed by atoms with Crippen molar-refractivity contribution < 1.29 is 0 Å². The quantitative estimate of drug-likeness (QED) is 0.734. The fourth-order valence-corrected chi connectivity index (χ4v) is 3.23. The second-order valence-electron chi connectivity index (χ2n) is 6.48. The Bertz CT molecular complexity index is 868. The van der Waals surface area contributed by atoms with E-state index in [0.29, 0.717) is 0 Å². The van der Waals surface area contributed by atoms with Gasteiger partial charge in [0.25, 0.3) is 0 Å². The summed E-state index contributed by atoms with van der Waals surface area (Å²) >= 11 is 0. The standard InChI is InChI=1S/C19H22N6/c1-3-18-21-10-15(11-22-18)12-24-7-8-25-16(13-24)9-17(23-25)19-14(2)5-4-6-20-19/h4-6,9-11H,3,7-8,12-13H2,1-2H3. The number of hydrogen-bond donors (Lipinski definition) is 0. The maximum atomic E-state index is 4.75. The van der Waals surface area contributed by atoms with Gasteiger partial charge in [0.1, 0.15) is 11.5 Å². The summed E-state index contributed by atoms with van der Waals surface area (Å²) in [6.07, 6.45) is 6.59. The first-order chi connectivity index (χ1) is 12.2. The minimum Gasteiger partial charge on any atom is -0.291 e. The first-order valence-electron chi connectivity index (χ1n) is 8.74. The summed E-state index contributed by atoms with van der Waals surface area (Å²) in [6, 6.07) is 6.20. The third-order valence-electron chi connectivity index (χ3n) is 4.61. The lowest BCUT2D eigenvalue weighted by molar-refractivity contribution is 0.205. The van der Waals surface area contributed by atoms with Crippen molar-refractivity contribution in [2.45, 2.75) is 39.9 Å². The van der Waals surface area contributed by atoms with Gasteiger partial charge in [-0.15, -0.1) is 0 Å². The number of fused-ring (bicyclic) bond motifs is 1. The zero-order chi connectivity index (χ0) is 17.2. The van der Waals surface area contributed by atoms with Crippen LogP contribution in [0.3, 0.4) is 0 Å². The molecule has 1 aliphatic rings. The van der Waals surface area contributed by atoms with Gasteiger partial charge in [-0.05, 0) is 24.6 Å². The molecule has 0 spiro atoms. The van der Waals surface area contributed by atoms with Crippen molar-refractivity contribution >= 4 is 0 Å². The molecule has 128 valence electrons. The number of aryl methyl sites for hydroxylation is 2. The van der Waals surface area contributed by atoms with Crippen LogP contribution in [0.15, 0.2) is 36.8 Å². The molecule has 1 aliphatic heterocycles. The molecule has 0 amide bonds. The monoisotopic (exact) mass is 334 g/mol. The molecule has 0 atom stereocenters. The first kappa shape index (κ1) is 15.9. The average molecular weight is 334 g/mol. The molecule has 6 heteroatoms. The Hall–Kier alpha value is -2.60. The van der Waals surface area contributed by atoms with Gasteiger partial charge in [-0.3, -0.25) is 14.6 Å². The Morgan fingerprint density at radius 2 is 1.96 bits per heavy atom. The van der Waals surface area contributed by atoms with Crippen LogP contribution in [0.5, 0.6) is 0 Å². The molecule has 0 N–H and O–H groups in total. The van der Waals surface area contributed by atoms with Crippen LogP contribution in [0.1, 0.15) is 29.6 Å². The maximum Gasteiger partial charge on any atom is 0.127 e. The molecule has 3 aromatic heterocycles. The zero-order valence-corrected chi connectivity index (χ0v) is 14.7. The predicted octanol–water partition coefficient (Wildman–Crippen LogP) is 2.62. The number of nitrogens with zero attached hydrogens (tertiary/aromatic N) is 6. The van der Waals surface area contributed by atoms with Crippen LogP contribution in [-0.2, 0) is 26.1 Å². The first-order valence-corrected chi connectivity index (χ1v) is 8.74. The van der Waals surface area contributed by atoms with Crippen molar-refractivity contribution in [1.29, 1.82) is 0 Å². The third kappa shape index (κ3) is 3.30. The minimum atomic E-state index is 0.868. The second-order valence-corrected chi connectivity index (χ2v) is 6.48. The normalized spacial score (nSPS) is 14.5. The van der Waals surface area contributed by atoms with Gasteiger partial charge in [0.05, 0.1) is 17.9 Å². The summed E-state index contributed by atoms with van der Waals surface area (Å²) in [6.45, 7) is 7.77. The van der Waals surface area contributed by atoms with E-state index < -0.39 is 0 Å². The highest BCUT2D eigenvalue weighted by Gasteiger charge is 2.20. The van der Waals surface area contributed by atoms with Crippen molar-refractivity contribution in [3.8, 4) is 11.4 Å². The van der Waals surface area contributed by atoms with Gasteiger partial charge in [0.15, 0.2) is 0 Å². The Morgan fingerprint density at radius 3 is 2.72 bits per heavy atom. The van der Waals surface area contributed by atoms with Crippen LogP contribution in [0.4, 0.5) is 0 Å². The van der Waals surface area contributed by atoms with E-state index in [2.05, 4.69) is 50.5 Å². The minimum absolute atomic E-state index is 0.868. The Kier molecular flexibility index (Phi) is 4.28. The molecule has 4 rings (SSSR count). The average Bonchev–Trinajstić information content (AvgIpc) is 3.06. The molecule has 3 aromatic rings. The zero-order valence-electron chi connectivity index (χ0n) is 14.7. The highest BCUT2D eigenvalue weighted by molar-refractivity contribution is 5.58. The molecule has 0 aliphatic carbocycles. The molecular formula is C19H22N6. The van der Waals surface area contributed by atoms with Crippen molar-refractivity contribution in [2.75, 3.05) is 6.54 Å². The molecule has 0 aromatic carbocycles. The summed E-state index contributed by atoms with van der Waals surface area (Å²) < 4.78 is 2.11. The summed E-state index contributed by atoms with van der Waals surface area (Å²) in [7, 11) is 0. The fraction of sp³-hybridized carbons (Fsp3) is 0.368. The number of aromatic nitrogens is 5. The lowest BCUT2D eigenvalue weighted by Crippen LogP contribution is -2.33. The molecule has 0 unspecified atom stereocenters. The van der Waals surface area contributed by atoms with E-state index in [4.69, 9.17) is 5.10 Å². The van der Waals surface area contributed by atoms with Crippen LogP contribution in [-0.4, -0.2) is 36.2 Å². The van der Waals surface area contributed by atoms with E-state index in [1.807, 2.05) is 24.7 Å². The fourth-order valence-electron chi connectivity index (χ4n) is 3.23. The SMILES string of the molecule is CCc1ncc(CN2CCn3nc(-c4ncccc4C)cc3C2)cn1. The van der Waals surface area contributed by atoms with Crippen LogP contribution in [0.25, 0.3) is 11.4 Å². The van der Waals surface area contributed by atoms with E-state index in [0.717, 1.165) is 60.9 Å².